The third kappa shape index (κ3) is 34.5. The van der Waals surface area contributed by atoms with Crippen molar-refractivity contribution < 1.29 is 69.0 Å². The average molecular weight is 1070 g/mol. The highest BCUT2D eigenvalue weighted by molar-refractivity contribution is 5.69. The molecule has 2 aliphatic rings. The van der Waals surface area contributed by atoms with E-state index in [0.717, 1.165) is 57.8 Å². The molecule has 75 heavy (non-hydrogen) atoms. The van der Waals surface area contributed by atoms with Crippen molar-refractivity contribution >= 4 is 5.97 Å². The maximum atomic E-state index is 13.1. The molecule has 2 rings (SSSR count). The third-order valence-electron chi connectivity index (χ3n) is 14.3. The quantitative estimate of drug-likeness (QED) is 0.0172. The molecule has 0 amide bonds. The average Bonchev–Trinajstić information content (AvgIpc) is 3.41. The minimum Gasteiger partial charge on any atom is -0.457 e. The molecular weight excluding hydrogens is 957 g/mol. The van der Waals surface area contributed by atoms with Gasteiger partial charge in [-0.2, -0.15) is 0 Å². The Morgan fingerprint density at radius 1 is 0.440 bits per heavy atom. The highest BCUT2D eigenvalue weighted by Gasteiger charge is 2.47. The zero-order valence-corrected chi connectivity index (χ0v) is 47.0. The van der Waals surface area contributed by atoms with Gasteiger partial charge in [0.1, 0.15) is 54.9 Å². The normalized spacial score (nSPS) is 24.9. The van der Waals surface area contributed by atoms with Crippen molar-refractivity contribution in [1.29, 1.82) is 0 Å². The number of carbonyl (C=O) groups is 1. The SMILES string of the molecule is CCCCC/C=C\C/C=C\C/C=C\CCCCCCCCCOCC(COC1OC(COC2OC(CO)C(O)C(O)C2O)C(O)C(O)C1O)OC(=O)CCCCCCCCCCC/C=C\CCCCCCCCCC. The summed E-state index contributed by atoms with van der Waals surface area (Å²) in [5, 5.41) is 72.4. The summed E-state index contributed by atoms with van der Waals surface area (Å²) in [6.45, 7) is 3.66. The Balaban J connectivity index is 1.71. The maximum absolute atomic E-state index is 13.1. The molecule has 0 saturated carbocycles. The molecule has 0 aromatic rings. The van der Waals surface area contributed by atoms with E-state index in [-0.39, 0.29) is 25.6 Å². The first kappa shape index (κ1) is 69.1. The van der Waals surface area contributed by atoms with E-state index < -0.39 is 80.7 Å². The van der Waals surface area contributed by atoms with Gasteiger partial charge in [0.15, 0.2) is 12.6 Å². The van der Waals surface area contributed by atoms with E-state index in [4.69, 9.17) is 28.4 Å². The first-order valence-corrected chi connectivity index (χ1v) is 30.2. The summed E-state index contributed by atoms with van der Waals surface area (Å²) < 4.78 is 34.4. The molecule has 2 heterocycles. The van der Waals surface area contributed by atoms with Gasteiger partial charge in [-0.15, -0.1) is 0 Å². The van der Waals surface area contributed by atoms with Crippen molar-refractivity contribution in [2.75, 3.05) is 33.0 Å². The molecule has 7 N–H and O–H groups in total. The summed E-state index contributed by atoms with van der Waals surface area (Å²) in [7, 11) is 0. The lowest BCUT2D eigenvalue weighted by Gasteiger charge is -2.42. The molecule has 14 nitrogen and oxygen atoms in total. The molecule has 2 aliphatic heterocycles. The van der Waals surface area contributed by atoms with Gasteiger partial charge < -0.3 is 64.2 Å². The maximum Gasteiger partial charge on any atom is 0.306 e. The van der Waals surface area contributed by atoms with Crippen molar-refractivity contribution in [2.45, 2.75) is 300 Å². The number of hydrogen-bond donors (Lipinski definition) is 7. The highest BCUT2D eigenvalue weighted by Crippen LogP contribution is 2.27. The van der Waals surface area contributed by atoms with Crippen LogP contribution in [-0.4, -0.2) is 142 Å². The van der Waals surface area contributed by atoms with Crippen molar-refractivity contribution in [3.63, 3.8) is 0 Å². The van der Waals surface area contributed by atoms with E-state index in [9.17, 15) is 40.5 Å². The first-order chi connectivity index (χ1) is 36.6. The van der Waals surface area contributed by atoms with E-state index in [1.807, 2.05) is 0 Å². The lowest BCUT2D eigenvalue weighted by Crippen LogP contribution is -2.61. The Labute approximate surface area is 454 Å². The zero-order chi connectivity index (χ0) is 54.4. The Kier molecular flexibility index (Phi) is 44.1. The van der Waals surface area contributed by atoms with Crippen LogP contribution in [0.4, 0.5) is 0 Å². The van der Waals surface area contributed by atoms with Crippen LogP contribution in [0.1, 0.15) is 232 Å². The summed E-state index contributed by atoms with van der Waals surface area (Å²) in [6.07, 6.45) is 41.6. The van der Waals surface area contributed by atoms with Gasteiger partial charge in [0.2, 0.25) is 0 Å². The van der Waals surface area contributed by atoms with Crippen LogP contribution in [0.2, 0.25) is 0 Å². The standard InChI is InChI=1S/C61H110O14/c1-3-5-7-9-11-13-15-17-19-21-23-25-26-28-30-32-34-36-38-40-42-44-53(63)73-50(47-70-45-43-41-39-37-35-33-31-29-27-24-22-20-18-16-14-12-10-8-6-4-2)48-71-60-59(69)57(67)55(65)52(75-60)49-72-61-58(68)56(66)54(64)51(46-62)74-61/h12,14,18,20-21,23-24,27,50-52,54-62,64-69H,3-11,13,15-17,19,22,25-26,28-49H2,1-2H3/b14-12-,20-18-,23-21-,27-24-. The number of hydrogen-bond acceptors (Lipinski definition) is 14. The first-order valence-electron chi connectivity index (χ1n) is 30.2. The monoisotopic (exact) mass is 1070 g/mol. The molecule has 11 atom stereocenters. The largest absolute Gasteiger partial charge is 0.457 e. The lowest BCUT2D eigenvalue weighted by molar-refractivity contribution is -0.332. The molecule has 0 radical (unpaired) electrons. The summed E-state index contributed by atoms with van der Waals surface area (Å²) >= 11 is 0. The van der Waals surface area contributed by atoms with Crippen molar-refractivity contribution in [3.05, 3.63) is 48.6 Å². The Bertz CT molecular complexity index is 1420. The van der Waals surface area contributed by atoms with Crippen LogP contribution in [0.15, 0.2) is 48.6 Å². The molecule has 0 aromatic heterocycles. The number of allylic oxidation sites excluding steroid dienone is 8. The van der Waals surface area contributed by atoms with Crippen LogP contribution in [0.3, 0.4) is 0 Å². The number of rotatable bonds is 49. The van der Waals surface area contributed by atoms with Crippen LogP contribution in [0.25, 0.3) is 0 Å². The van der Waals surface area contributed by atoms with E-state index in [0.29, 0.717) is 13.0 Å². The van der Waals surface area contributed by atoms with Gasteiger partial charge in [0.05, 0.1) is 26.4 Å². The molecule has 0 aliphatic carbocycles. The Morgan fingerprint density at radius 2 is 0.827 bits per heavy atom. The van der Waals surface area contributed by atoms with E-state index >= 15 is 0 Å². The fourth-order valence-electron chi connectivity index (χ4n) is 9.41. The molecule has 2 saturated heterocycles. The summed E-state index contributed by atoms with van der Waals surface area (Å²) in [5.41, 5.74) is 0. The summed E-state index contributed by atoms with van der Waals surface area (Å²) in [5.74, 6) is -0.380. The molecule has 14 heteroatoms. The second kappa shape index (κ2) is 47.9. The minimum absolute atomic E-state index is 0.0540. The minimum atomic E-state index is -1.71. The van der Waals surface area contributed by atoms with Gasteiger partial charge in [0.25, 0.3) is 0 Å². The van der Waals surface area contributed by atoms with Crippen LogP contribution in [0.5, 0.6) is 0 Å². The molecule has 11 unspecified atom stereocenters. The van der Waals surface area contributed by atoms with Crippen molar-refractivity contribution in [3.8, 4) is 0 Å². The molecule has 438 valence electrons. The molecule has 0 aromatic carbocycles. The predicted molar refractivity (Wildman–Crippen MR) is 298 cm³/mol. The number of unbranched alkanes of at least 4 members (excludes halogenated alkanes) is 27. The molecule has 0 spiro atoms. The van der Waals surface area contributed by atoms with Crippen LogP contribution < -0.4 is 0 Å². The van der Waals surface area contributed by atoms with Crippen LogP contribution in [0, 0.1) is 0 Å². The number of esters is 1. The second-order valence-corrected chi connectivity index (χ2v) is 21.2. The Morgan fingerprint density at radius 3 is 1.33 bits per heavy atom. The highest BCUT2D eigenvalue weighted by atomic mass is 16.7. The van der Waals surface area contributed by atoms with Gasteiger partial charge in [-0.25, -0.2) is 0 Å². The van der Waals surface area contributed by atoms with Crippen molar-refractivity contribution in [1.82, 2.24) is 0 Å². The fraction of sp³-hybridized carbons (Fsp3) is 0.852. The topological polar surface area (TPSA) is 214 Å². The fourth-order valence-corrected chi connectivity index (χ4v) is 9.41. The molecule has 0 bridgehead atoms. The van der Waals surface area contributed by atoms with E-state index in [1.165, 1.54) is 148 Å². The van der Waals surface area contributed by atoms with Gasteiger partial charge in [0, 0.05) is 13.0 Å². The van der Waals surface area contributed by atoms with Gasteiger partial charge in [-0.3, -0.25) is 4.79 Å². The van der Waals surface area contributed by atoms with Crippen LogP contribution >= 0.6 is 0 Å². The van der Waals surface area contributed by atoms with Gasteiger partial charge >= 0.3 is 5.97 Å². The number of aliphatic hydroxyl groups excluding tert-OH is 7. The molecule has 2 fully saturated rings. The predicted octanol–water partition coefficient (Wildman–Crippen LogP) is 11.1. The zero-order valence-electron chi connectivity index (χ0n) is 47.0. The van der Waals surface area contributed by atoms with Gasteiger partial charge in [-0.1, -0.05) is 197 Å². The van der Waals surface area contributed by atoms with Gasteiger partial charge in [-0.05, 0) is 77.0 Å². The number of carbonyl (C=O) groups excluding carboxylic acids is 1. The second-order valence-electron chi connectivity index (χ2n) is 21.2. The smallest absolute Gasteiger partial charge is 0.306 e. The lowest BCUT2D eigenvalue weighted by atomic mass is 9.98. The number of aliphatic hydroxyl groups is 7. The van der Waals surface area contributed by atoms with Crippen molar-refractivity contribution in [2.24, 2.45) is 0 Å². The third-order valence-corrected chi connectivity index (χ3v) is 14.3. The van der Waals surface area contributed by atoms with Crippen LogP contribution in [-0.2, 0) is 33.2 Å². The molecular formula is C61H110O14. The van der Waals surface area contributed by atoms with E-state index in [1.54, 1.807) is 0 Å². The summed E-state index contributed by atoms with van der Waals surface area (Å²) in [6, 6.07) is 0. The number of ether oxygens (including phenoxy) is 6. The van der Waals surface area contributed by atoms with E-state index in [2.05, 4.69) is 62.5 Å². The Hall–Kier alpha value is -2.05. The summed E-state index contributed by atoms with van der Waals surface area (Å²) in [4.78, 5) is 13.1.